The fourth-order valence-corrected chi connectivity index (χ4v) is 3.00. The summed E-state index contributed by atoms with van der Waals surface area (Å²) in [4.78, 5) is 14.9. The van der Waals surface area contributed by atoms with Gasteiger partial charge in [-0.1, -0.05) is 0 Å². The second-order valence-electron chi connectivity index (χ2n) is 3.78. The fraction of sp³-hybridized carbons (Fsp3) is 0.583. The average molecular weight is 336 g/mol. The van der Waals surface area contributed by atoms with Crippen LogP contribution in [0.15, 0.2) is 15.9 Å². The summed E-state index contributed by atoms with van der Waals surface area (Å²) in [6.07, 6.45) is 0. The molecule has 0 spiro atoms. The Morgan fingerprint density at radius 3 is 2.39 bits per heavy atom. The molecule has 0 amide bonds. The van der Waals surface area contributed by atoms with Crippen molar-refractivity contribution in [3.05, 3.63) is 20.8 Å². The number of hydrogen-bond acceptors (Lipinski definition) is 5. The maximum Gasteiger partial charge on any atom is 0.187 e. The molecule has 1 rings (SSSR count). The molecule has 0 unspecified atom stereocenters. The largest absolute Gasteiger partial charge is 0.383 e. The molecule has 102 valence electrons. The van der Waals surface area contributed by atoms with Gasteiger partial charge in [-0.15, -0.1) is 11.3 Å². The molecule has 0 aliphatic heterocycles. The van der Waals surface area contributed by atoms with Gasteiger partial charge in [0.2, 0.25) is 0 Å². The van der Waals surface area contributed by atoms with Crippen LogP contribution in [0.3, 0.4) is 0 Å². The van der Waals surface area contributed by atoms with Gasteiger partial charge in [0.15, 0.2) is 5.78 Å². The van der Waals surface area contributed by atoms with E-state index in [1.54, 1.807) is 14.2 Å². The highest BCUT2D eigenvalue weighted by molar-refractivity contribution is 9.10. The summed E-state index contributed by atoms with van der Waals surface area (Å²) >= 11 is 4.85. The smallest absolute Gasteiger partial charge is 0.187 e. The Morgan fingerprint density at radius 2 is 1.94 bits per heavy atom. The van der Waals surface area contributed by atoms with Crippen LogP contribution in [0.5, 0.6) is 0 Å². The molecule has 6 heteroatoms. The quantitative estimate of drug-likeness (QED) is 0.649. The maximum absolute atomic E-state index is 12.1. The van der Waals surface area contributed by atoms with Crippen LogP contribution in [0.25, 0.3) is 0 Å². The molecule has 0 saturated heterocycles. The van der Waals surface area contributed by atoms with Crippen LogP contribution < -0.4 is 0 Å². The molecule has 1 aromatic rings. The summed E-state index contributed by atoms with van der Waals surface area (Å²) in [6.45, 7) is 3.08. The lowest BCUT2D eigenvalue weighted by atomic mass is 10.3. The second-order valence-corrected chi connectivity index (χ2v) is 5.55. The molecule has 4 nitrogen and oxygen atoms in total. The Hall–Kier alpha value is -0.270. The van der Waals surface area contributed by atoms with Gasteiger partial charge < -0.3 is 9.47 Å². The normalized spacial score (nSPS) is 11.1. The maximum atomic E-state index is 12.1. The zero-order valence-corrected chi connectivity index (χ0v) is 13.1. The molecule has 0 aliphatic rings. The summed E-state index contributed by atoms with van der Waals surface area (Å²) < 4.78 is 11.0. The molecular weight excluding hydrogens is 318 g/mol. The van der Waals surface area contributed by atoms with E-state index in [2.05, 4.69) is 15.9 Å². The van der Waals surface area contributed by atoms with Crippen molar-refractivity contribution in [2.24, 2.45) is 0 Å². The number of halogens is 1. The van der Waals surface area contributed by atoms with Crippen molar-refractivity contribution < 1.29 is 14.3 Å². The molecule has 1 aromatic heterocycles. The summed E-state index contributed by atoms with van der Waals surface area (Å²) in [5.41, 5.74) is 0. The molecule has 0 bridgehead atoms. The van der Waals surface area contributed by atoms with Crippen molar-refractivity contribution >= 4 is 33.0 Å². The van der Waals surface area contributed by atoms with Crippen LogP contribution in [0.2, 0.25) is 0 Å². The van der Waals surface area contributed by atoms with Gasteiger partial charge >= 0.3 is 0 Å². The topological polar surface area (TPSA) is 38.8 Å². The Balaban J connectivity index is 2.53. The van der Waals surface area contributed by atoms with Crippen molar-refractivity contribution in [3.8, 4) is 0 Å². The number of Topliss-reactive ketones (excluding diaryl/α,β-unsaturated/α-hetero) is 1. The van der Waals surface area contributed by atoms with E-state index in [-0.39, 0.29) is 5.78 Å². The van der Waals surface area contributed by atoms with Gasteiger partial charge in [-0.2, -0.15) is 0 Å². The third-order valence-corrected chi connectivity index (χ3v) is 4.34. The van der Waals surface area contributed by atoms with Crippen molar-refractivity contribution in [3.63, 3.8) is 0 Å². The first-order valence-corrected chi connectivity index (χ1v) is 7.32. The first-order valence-electron chi connectivity index (χ1n) is 5.65. The number of ether oxygens (including phenoxy) is 2. The van der Waals surface area contributed by atoms with E-state index < -0.39 is 0 Å². The van der Waals surface area contributed by atoms with Crippen molar-refractivity contribution in [1.29, 1.82) is 0 Å². The van der Waals surface area contributed by atoms with Crippen molar-refractivity contribution in [2.45, 2.75) is 0 Å². The minimum absolute atomic E-state index is 0.129. The molecule has 0 aliphatic carbocycles. The lowest BCUT2D eigenvalue weighted by molar-refractivity contribution is 0.0840. The van der Waals surface area contributed by atoms with Crippen molar-refractivity contribution in [2.75, 3.05) is 47.1 Å². The third-order valence-electron chi connectivity index (χ3n) is 2.46. The third kappa shape index (κ3) is 5.16. The van der Waals surface area contributed by atoms with Gasteiger partial charge in [-0.25, -0.2) is 0 Å². The highest BCUT2D eigenvalue weighted by Crippen LogP contribution is 2.23. The predicted molar refractivity (Wildman–Crippen MR) is 76.5 cm³/mol. The Kier molecular flexibility index (Phi) is 7.69. The minimum Gasteiger partial charge on any atom is -0.383 e. The number of carbonyl (C=O) groups is 1. The molecule has 0 saturated carbocycles. The number of ketones is 1. The van der Waals surface area contributed by atoms with Gasteiger partial charge in [-0.05, 0) is 27.4 Å². The first-order chi connectivity index (χ1) is 8.69. The van der Waals surface area contributed by atoms with Gasteiger partial charge in [0.1, 0.15) is 0 Å². The van der Waals surface area contributed by atoms with E-state index in [9.17, 15) is 4.79 Å². The van der Waals surface area contributed by atoms with Crippen LogP contribution in [0.4, 0.5) is 0 Å². The second kappa shape index (κ2) is 8.77. The SMILES string of the molecule is COCCN(CCOC)CC(=O)c1sccc1Br. The van der Waals surface area contributed by atoms with E-state index in [0.717, 1.165) is 22.4 Å². The zero-order chi connectivity index (χ0) is 13.4. The summed E-state index contributed by atoms with van der Waals surface area (Å²) in [7, 11) is 3.32. The standard InChI is InChI=1S/C12H18BrNO3S/c1-16-6-4-14(5-7-17-2)9-11(15)12-10(13)3-8-18-12/h3,8H,4-7,9H2,1-2H3. The van der Waals surface area contributed by atoms with E-state index in [1.165, 1.54) is 11.3 Å². The lowest BCUT2D eigenvalue weighted by Crippen LogP contribution is -2.35. The van der Waals surface area contributed by atoms with E-state index in [1.807, 2.05) is 16.3 Å². The summed E-state index contributed by atoms with van der Waals surface area (Å²) in [6, 6.07) is 1.90. The Bertz CT molecular complexity index is 362. The Morgan fingerprint density at radius 1 is 1.33 bits per heavy atom. The lowest BCUT2D eigenvalue weighted by Gasteiger charge is -2.20. The minimum atomic E-state index is 0.129. The van der Waals surface area contributed by atoms with Crippen LogP contribution in [0, 0.1) is 0 Å². The number of rotatable bonds is 9. The first kappa shape index (κ1) is 15.8. The van der Waals surface area contributed by atoms with Gasteiger partial charge in [0, 0.05) is 31.8 Å². The molecular formula is C12H18BrNO3S. The van der Waals surface area contributed by atoms with Crippen molar-refractivity contribution in [1.82, 2.24) is 4.90 Å². The highest BCUT2D eigenvalue weighted by Gasteiger charge is 2.15. The average Bonchev–Trinajstić information content (AvgIpc) is 2.78. The van der Waals surface area contributed by atoms with Gasteiger partial charge in [-0.3, -0.25) is 9.69 Å². The van der Waals surface area contributed by atoms with E-state index in [0.29, 0.717) is 19.8 Å². The zero-order valence-electron chi connectivity index (χ0n) is 10.6. The molecule has 0 aromatic carbocycles. The number of hydrogen-bond donors (Lipinski definition) is 0. The molecule has 0 radical (unpaired) electrons. The number of nitrogens with zero attached hydrogens (tertiary/aromatic N) is 1. The van der Waals surface area contributed by atoms with Crippen LogP contribution in [-0.2, 0) is 9.47 Å². The molecule has 0 N–H and O–H groups in total. The van der Waals surface area contributed by atoms with Gasteiger partial charge in [0.05, 0.1) is 24.6 Å². The number of thiophene rings is 1. The predicted octanol–water partition coefficient (Wildman–Crippen LogP) is 2.29. The fourth-order valence-electron chi connectivity index (χ4n) is 1.48. The van der Waals surface area contributed by atoms with E-state index >= 15 is 0 Å². The number of carbonyl (C=O) groups excluding carboxylic acids is 1. The van der Waals surface area contributed by atoms with Crippen LogP contribution >= 0.6 is 27.3 Å². The summed E-state index contributed by atoms with van der Waals surface area (Å²) in [5.74, 6) is 0.129. The van der Waals surface area contributed by atoms with Crippen LogP contribution in [0.1, 0.15) is 9.67 Å². The number of methoxy groups -OCH3 is 2. The Labute approximate surface area is 120 Å². The molecule has 18 heavy (non-hydrogen) atoms. The highest BCUT2D eigenvalue weighted by atomic mass is 79.9. The van der Waals surface area contributed by atoms with Gasteiger partial charge in [0.25, 0.3) is 0 Å². The van der Waals surface area contributed by atoms with Crippen LogP contribution in [-0.4, -0.2) is 57.8 Å². The molecule has 0 fully saturated rings. The van der Waals surface area contributed by atoms with E-state index in [4.69, 9.17) is 9.47 Å². The summed E-state index contributed by atoms with van der Waals surface area (Å²) in [5, 5.41) is 1.91. The monoisotopic (exact) mass is 335 g/mol. The molecule has 1 heterocycles. The molecule has 0 atom stereocenters.